The average Bonchev–Trinajstić information content (AvgIpc) is 2.47. The first-order valence-electron chi connectivity index (χ1n) is 3.97. The summed E-state index contributed by atoms with van der Waals surface area (Å²) in [6.07, 6.45) is -1.19. The van der Waals surface area contributed by atoms with Gasteiger partial charge < -0.3 is 15.9 Å². The Hall–Kier alpha value is -1.79. The van der Waals surface area contributed by atoms with Gasteiger partial charge in [0.25, 0.3) is 5.91 Å². The van der Waals surface area contributed by atoms with Gasteiger partial charge in [-0.25, -0.2) is 9.59 Å². The lowest BCUT2D eigenvalue weighted by molar-refractivity contribution is -0.154. The van der Waals surface area contributed by atoms with Crippen LogP contribution in [0.2, 0.25) is 0 Å². The Bertz CT molecular complexity index is 286. The first kappa shape index (κ1) is 10.3. The minimum absolute atomic E-state index is 0.0184. The van der Waals surface area contributed by atoms with Gasteiger partial charge in [-0.1, -0.05) is 0 Å². The van der Waals surface area contributed by atoms with Gasteiger partial charge in [-0.05, 0) is 12.8 Å². The second-order valence-electron chi connectivity index (χ2n) is 3.07. The predicted octanol–water partition coefficient (Wildman–Crippen LogP) is -0.931. The molecule has 0 spiro atoms. The number of nitrogens with zero attached hydrogens (tertiary/aromatic N) is 1. The van der Waals surface area contributed by atoms with Crippen LogP contribution >= 0.6 is 0 Å². The van der Waals surface area contributed by atoms with Crippen molar-refractivity contribution >= 4 is 18.0 Å². The predicted molar refractivity (Wildman–Crippen MR) is 43.5 cm³/mol. The molecule has 0 aromatic heterocycles. The standard InChI is InChI=1S/C7H10N2O5/c8-4(10)7(5(11)12)2-1-3-9(7)6(13)14/h1-3H2,(H2,8,10)(H,11,12)(H,13,14)/t7-/m0/s1. The van der Waals surface area contributed by atoms with Crippen LogP contribution in [0.25, 0.3) is 0 Å². The molecule has 2 amide bonds. The maximum Gasteiger partial charge on any atom is 0.408 e. The number of carbonyl (C=O) groups excluding carboxylic acids is 1. The molecule has 0 unspecified atom stereocenters. The number of hydrogen-bond donors (Lipinski definition) is 3. The van der Waals surface area contributed by atoms with Gasteiger partial charge in [-0.15, -0.1) is 0 Å². The number of hydrogen-bond acceptors (Lipinski definition) is 3. The van der Waals surface area contributed by atoms with Crippen LogP contribution in [0.1, 0.15) is 12.8 Å². The van der Waals surface area contributed by atoms with E-state index >= 15 is 0 Å². The summed E-state index contributed by atoms with van der Waals surface area (Å²) in [7, 11) is 0. The molecular formula is C7H10N2O5. The van der Waals surface area contributed by atoms with E-state index in [0.29, 0.717) is 11.3 Å². The molecule has 7 nitrogen and oxygen atoms in total. The molecular weight excluding hydrogens is 192 g/mol. The maximum absolute atomic E-state index is 11.0. The maximum atomic E-state index is 11.0. The molecule has 0 radical (unpaired) electrons. The number of primary amides is 1. The van der Waals surface area contributed by atoms with Crippen LogP contribution in [0.3, 0.4) is 0 Å². The lowest BCUT2D eigenvalue weighted by atomic mass is 9.96. The van der Waals surface area contributed by atoms with Crippen LogP contribution in [0.4, 0.5) is 4.79 Å². The van der Waals surface area contributed by atoms with E-state index in [0.717, 1.165) is 0 Å². The fourth-order valence-electron chi connectivity index (χ4n) is 1.66. The third-order valence-corrected chi connectivity index (χ3v) is 2.37. The van der Waals surface area contributed by atoms with Gasteiger partial charge in [-0.2, -0.15) is 0 Å². The lowest BCUT2D eigenvalue weighted by Gasteiger charge is -2.29. The zero-order valence-corrected chi connectivity index (χ0v) is 7.27. The Kier molecular flexibility index (Phi) is 2.33. The molecule has 78 valence electrons. The molecule has 1 aliphatic rings. The van der Waals surface area contributed by atoms with E-state index in [-0.39, 0.29) is 13.0 Å². The molecule has 1 rings (SSSR count). The molecule has 0 saturated carbocycles. The summed E-state index contributed by atoms with van der Waals surface area (Å²) >= 11 is 0. The van der Waals surface area contributed by atoms with Gasteiger partial charge in [0.05, 0.1) is 0 Å². The summed E-state index contributed by atoms with van der Waals surface area (Å²) in [5.41, 5.74) is 2.86. The number of carbonyl (C=O) groups is 3. The molecule has 7 heteroatoms. The van der Waals surface area contributed by atoms with E-state index in [1.54, 1.807) is 0 Å². The van der Waals surface area contributed by atoms with Crippen LogP contribution in [-0.4, -0.2) is 45.2 Å². The second kappa shape index (κ2) is 3.17. The summed E-state index contributed by atoms with van der Waals surface area (Å²) in [6, 6.07) is 0. The summed E-state index contributed by atoms with van der Waals surface area (Å²) in [6.45, 7) is 0.0184. The van der Waals surface area contributed by atoms with Crippen molar-refractivity contribution in [2.45, 2.75) is 18.4 Å². The molecule has 0 aromatic rings. The van der Waals surface area contributed by atoms with E-state index in [9.17, 15) is 14.4 Å². The molecule has 1 fully saturated rings. The largest absolute Gasteiger partial charge is 0.479 e. The number of aliphatic carboxylic acids is 1. The molecule has 0 bridgehead atoms. The summed E-state index contributed by atoms with van der Waals surface area (Å²) in [5.74, 6) is -2.64. The van der Waals surface area contributed by atoms with Crippen molar-refractivity contribution in [2.75, 3.05) is 6.54 Å². The number of rotatable bonds is 2. The van der Waals surface area contributed by atoms with E-state index in [4.69, 9.17) is 15.9 Å². The van der Waals surface area contributed by atoms with Crippen molar-refractivity contribution in [2.24, 2.45) is 5.73 Å². The molecule has 0 aromatic carbocycles. The molecule has 1 heterocycles. The highest BCUT2D eigenvalue weighted by molar-refractivity contribution is 6.08. The van der Waals surface area contributed by atoms with Gasteiger partial charge in [0.15, 0.2) is 0 Å². The fourth-order valence-corrected chi connectivity index (χ4v) is 1.66. The van der Waals surface area contributed by atoms with Crippen LogP contribution in [-0.2, 0) is 9.59 Å². The number of likely N-dealkylation sites (tertiary alicyclic amines) is 1. The van der Waals surface area contributed by atoms with Crippen LogP contribution < -0.4 is 5.73 Å². The Labute approximate surface area is 79.1 Å². The van der Waals surface area contributed by atoms with E-state index in [1.165, 1.54) is 0 Å². The number of nitrogens with two attached hydrogens (primary N) is 1. The van der Waals surface area contributed by atoms with Gasteiger partial charge in [-0.3, -0.25) is 9.69 Å². The number of amides is 2. The molecule has 1 aliphatic heterocycles. The van der Waals surface area contributed by atoms with E-state index in [1.807, 2.05) is 0 Å². The van der Waals surface area contributed by atoms with Crippen molar-refractivity contribution in [3.63, 3.8) is 0 Å². The van der Waals surface area contributed by atoms with Gasteiger partial charge in [0.2, 0.25) is 5.54 Å². The number of carboxylic acid groups (broad SMARTS) is 2. The second-order valence-corrected chi connectivity index (χ2v) is 3.07. The zero-order valence-electron chi connectivity index (χ0n) is 7.27. The SMILES string of the molecule is NC(=O)[C@]1(C(=O)O)CCCN1C(=O)O. The highest BCUT2D eigenvalue weighted by atomic mass is 16.4. The quantitative estimate of drug-likeness (QED) is 0.499. The summed E-state index contributed by atoms with van der Waals surface area (Å²) in [4.78, 5) is 33.2. The normalized spacial score (nSPS) is 26.1. The zero-order chi connectivity index (χ0) is 10.9. The van der Waals surface area contributed by atoms with Crippen molar-refractivity contribution in [3.05, 3.63) is 0 Å². The highest BCUT2D eigenvalue weighted by Crippen LogP contribution is 2.29. The Balaban J connectivity index is 3.14. The van der Waals surface area contributed by atoms with Crippen LogP contribution in [0.5, 0.6) is 0 Å². The Morgan fingerprint density at radius 3 is 2.14 bits per heavy atom. The van der Waals surface area contributed by atoms with E-state index < -0.39 is 23.5 Å². The molecule has 0 aliphatic carbocycles. The Morgan fingerprint density at radius 2 is 1.86 bits per heavy atom. The summed E-state index contributed by atoms with van der Waals surface area (Å²) < 4.78 is 0. The molecule has 4 N–H and O–H groups in total. The minimum Gasteiger partial charge on any atom is -0.479 e. The number of carboxylic acids is 1. The van der Waals surface area contributed by atoms with Gasteiger partial charge in [0, 0.05) is 6.54 Å². The first-order chi connectivity index (χ1) is 6.43. The van der Waals surface area contributed by atoms with Gasteiger partial charge in [0.1, 0.15) is 0 Å². The molecule has 14 heavy (non-hydrogen) atoms. The van der Waals surface area contributed by atoms with Crippen molar-refractivity contribution in [3.8, 4) is 0 Å². The fraction of sp³-hybridized carbons (Fsp3) is 0.571. The molecule has 1 atom stereocenters. The Morgan fingerprint density at radius 1 is 1.29 bits per heavy atom. The highest BCUT2D eigenvalue weighted by Gasteiger charge is 2.55. The van der Waals surface area contributed by atoms with Crippen molar-refractivity contribution in [1.29, 1.82) is 0 Å². The van der Waals surface area contributed by atoms with Gasteiger partial charge >= 0.3 is 12.1 Å². The first-order valence-corrected chi connectivity index (χ1v) is 3.97. The lowest BCUT2D eigenvalue weighted by Crippen LogP contribution is -2.60. The molecule has 1 saturated heterocycles. The minimum atomic E-state index is -2.08. The smallest absolute Gasteiger partial charge is 0.408 e. The topological polar surface area (TPSA) is 121 Å². The third-order valence-electron chi connectivity index (χ3n) is 2.37. The third kappa shape index (κ3) is 1.17. The van der Waals surface area contributed by atoms with Crippen LogP contribution in [0, 0.1) is 0 Å². The average molecular weight is 202 g/mol. The van der Waals surface area contributed by atoms with Crippen molar-refractivity contribution < 1.29 is 24.6 Å². The van der Waals surface area contributed by atoms with E-state index in [2.05, 4.69) is 0 Å². The van der Waals surface area contributed by atoms with Crippen molar-refractivity contribution in [1.82, 2.24) is 4.90 Å². The summed E-state index contributed by atoms with van der Waals surface area (Å²) in [5, 5.41) is 17.5. The van der Waals surface area contributed by atoms with Crippen LogP contribution in [0.15, 0.2) is 0 Å². The monoisotopic (exact) mass is 202 g/mol.